The monoisotopic (exact) mass is 319 g/mol. The summed E-state index contributed by atoms with van der Waals surface area (Å²) in [6.45, 7) is 4.21. The number of hydrogen-bond acceptors (Lipinski definition) is 2. The molecular formula is C21H23N2O-. The van der Waals surface area contributed by atoms with Crippen LogP contribution in [0.3, 0.4) is 0 Å². The highest BCUT2D eigenvalue weighted by Gasteiger charge is 2.05. The minimum atomic E-state index is 0.155. The van der Waals surface area contributed by atoms with Crippen LogP contribution in [0.4, 0.5) is 11.4 Å². The van der Waals surface area contributed by atoms with Gasteiger partial charge in [0.1, 0.15) is 5.75 Å². The van der Waals surface area contributed by atoms with Gasteiger partial charge in [-0.1, -0.05) is 61.1 Å². The van der Waals surface area contributed by atoms with Crippen molar-refractivity contribution in [2.75, 3.05) is 12.1 Å². The molecule has 0 spiro atoms. The number of anilines is 1. The van der Waals surface area contributed by atoms with Crippen molar-refractivity contribution >= 4 is 22.1 Å². The lowest BCUT2D eigenvalue weighted by molar-refractivity contribution is 0.219. The highest BCUT2D eigenvalue weighted by Crippen LogP contribution is 2.38. The maximum absolute atomic E-state index is 6.12. The first kappa shape index (κ1) is 16.2. The van der Waals surface area contributed by atoms with Crippen LogP contribution in [0.15, 0.2) is 66.7 Å². The number of rotatable bonds is 6. The van der Waals surface area contributed by atoms with Crippen LogP contribution in [0.25, 0.3) is 16.2 Å². The van der Waals surface area contributed by atoms with Crippen molar-refractivity contribution in [3.63, 3.8) is 0 Å². The van der Waals surface area contributed by atoms with Gasteiger partial charge >= 0.3 is 0 Å². The maximum atomic E-state index is 6.12. The van der Waals surface area contributed by atoms with Crippen LogP contribution in [0.2, 0.25) is 0 Å². The summed E-state index contributed by atoms with van der Waals surface area (Å²) >= 11 is 0. The molecule has 0 bridgehead atoms. The van der Waals surface area contributed by atoms with Crippen LogP contribution in [-0.2, 0) is 0 Å². The summed E-state index contributed by atoms with van der Waals surface area (Å²) in [6.07, 6.45) is 1.11. The molecule has 0 aromatic heterocycles. The van der Waals surface area contributed by atoms with Crippen LogP contribution in [0.5, 0.6) is 5.75 Å². The van der Waals surface area contributed by atoms with Crippen molar-refractivity contribution in [2.24, 2.45) is 0 Å². The van der Waals surface area contributed by atoms with Crippen LogP contribution < -0.4 is 9.75 Å². The largest absolute Gasteiger partial charge is 0.592 e. The number of para-hydroxylation sites is 1. The van der Waals surface area contributed by atoms with Gasteiger partial charge in [0.25, 0.3) is 0 Å². The second-order valence-corrected chi connectivity index (χ2v) is 5.96. The third-order valence-electron chi connectivity index (χ3n) is 4.12. The van der Waals surface area contributed by atoms with E-state index < -0.39 is 0 Å². The van der Waals surface area contributed by atoms with Gasteiger partial charge in [0.15, 0.2) is 0 Å². The van der Waals surface area contributed by atoms with E-state index in [1.54, 1.807) is 0 Å². The molecule has 1 atom stereocenters. The lowest BCUT2D eigenvalue weighted by Gasteiger charge is -2.38. The third-order valence-corrected chi connectivity index (χ3v) is 4.12. The highest BCUT2D eigenvalue weighted by molar-refractivity contribution is 5.89. The summed E-state index contributed by atoms with van der Waals surface area (Å²) < 4.78 is 6.12. The summed E-state index contributed by atoms with van der Waals surface area (Å²) in [6, 6.07) is 22.6. The molecule has 0 aliphatic carbocycles. The van der Waals surface area contributed by atoms with Crippen molar-refractivity contribution in [2.45, 2.75) is 26.4 Å². The predicted octanol–water partition coefficient (Wildman–Crippen LogP) is 6.07. The SMILES string of the molecule is CCC(C)Oc1cc2ccccc2cc1[N-]N(C)c1ccccc1. The van der Waals surface area contributed by atoms with Crippen molar-refractivity contribution < 1.29 is 4.74 Å². The summed E-state index contributed by atoms with van der Waals surface area (Å²) in [5.74, 6) is 0.825. The van der Waals surface area contributed by atoms with E-state index in [1.807, 2.05) is 54.5 Å². The summed E-state index contributed by atoms with van der Waals surface area (Å²) in [7, 11) is 1.96. The van der Waals surface area contributed by atoms with Crippen LogP contribution >= 0.6 is 0 Å². The zero-order chi connectivity index (χ0) is 16.9. The molecule has 0 aliphatic heterocycles. The number of nitrogens with zero attached hydrogens (tertiary/aromatic N) is 2. The van der Waals surface area contributed by atoms with E-state index in [2.05, 4.69) is 38.1 Å². The molecule has 0 fully saturated rings. The zero-order valence-corrected chi connectivity index (χ0v) is 14.4. The van der Waals surface area contributed by atoms with Gasteiger partial charge in [-0.3, -0.25) is 0 Å². The van der Waals surface area contributed by atoms with Crippen molar-refractivity contribution in [3.05, 3.63) is 72.2 Å². The van der Waals surface area contributed by atoms with Gasteiger partial charge in [0.05, 0.1) is 6.10 Å². The Labute approximate surface area is 143 Å². The Bertz CT molecular complexity index is 801. The van der Waals surface area contributed by atoms with E-state index in [0.29, 0.717) is 0 Å². The first-order valence-corrected chi connectivity index (χ1v) is 8.37. The zero-order valence-electron chi connectivity index (χ0n) is 14.4. The summed E-state index contributed by atoms with van der Waals surface area (Å²) in [4.78, 5) is 0. The van der Waals surface area contributed by atoms with Crippen LogP contribution in [-0.4, -0.2) is 13.2 Å². The van der Waals surface area contributed by atoms with Gasteiger partial charge in [-0.2, -0.15) is 0 Å². The number of ether oxygens (including phenoxy) is 1. The molecule has 24 heavy (non-hydrogen) atoms. The summed E-state index contributed by atoms with van der Waals surface area (Å²) in [5, 5.41) is 4.21. The Morgan fingerprint density at radius 1 is 0.958 bits per heavy atom. The predicted molar refractivity (Wildman–Crippen MR) is 102 cm³/mol. The molecule has 0 saturated carbocycles. The van der Waals surface area contributed by atoms with E-state index in [4.69, 9.17) is 10.2 Å². The average molecular weight is 319 g/mol. The molecule has 3 aromatic carbocycles. The van der Waals surface area contributed by atoms with Crippen molar-refractivity contribution in [1.29, 1.82) is 0 Å². The molecule has 3 rings (SSSR count). The smallest absolute Gasteiger partial charge is 0.106 e. The van der Waals surface area contributed by atoms with Crippen LogP contribution in [0.1, 0.15) is 20.3 Å². The Morgan fingerprint density at radius 3 is 2.25 bits per heavy atom. The van der Waals surface area contributed by atoms with E-state index in [9.17, 15) is 0 Å². The first-order valence-electron chi connectivity index (χ1n) is 8.37. The molecule has 3 heteroatoms. The third kappa shape index (κ3) is 3.62. The molecule has 0 N–H and O–H groups in total. The van der Waals surface area contributed by atoms with Gasteiger partial charge in [0.2, 0.25) is 0 Å². The number of hydrogen-bond donors (Lipinski definition) is 0. The quantitative estimate of drug-likeness (QED) is 0.515. The minimum Gasteiger partial charge on any atom is -0.592 e. The lowest BCUT2D eigenvalue weighted by atomic mass is 10.1. The summed E-state index contributed by atoms with van der Waals surface area (Å²) in [5.41, 5.74) is 6.66. The van der Waals surface area contributed by atoms with Gasteiger partial charge in [-0.25, -0.2) is 0 Å². The maximum Gasteiger partial charge on any atom is 0.106 e. The Kier molecular flexibility index (Phi) is 4.90. The van der Waals surface area contributed by atoms with Crippen molar-refractivity contribution in [3.8, 4) is 5.75 Å². The second kappa shape index (κ2) is 7.26. The highest BCUT2D eigenvalue weighted by atomic mass is 16.5. The molecule has 1 unspecified atom stereocenters. The van der Waals surface area contributed by atoms with Crippen LogP contribution in [0, 0.1) is 0 Å². The second-order valence-electron chi connectivity index (χ2n) is 5.96. The fourth-order valence-corrected chi connectivity index (χ4v) is 2.54. The Morgan fingerprint density at radius 2 is 1.58 bits per heavy atom. The van der Waals surface area contributed by atoms with Gasteiger partial charge in [-0.15, -0.1) is 0 Å². The fourth-order valence-electron chi connectivity index (χ4n) is 2.54. The van der Waals surface area contributed by atoms with E-state index in [-0.39, 0.29) is 6.10 Å². The molecule has 0 radical (unpaired) electrons. The van der Waals surface area contributed by atoms with E-state index in [0.717, 1.165) is 34.3 Å². The molecular weight excluding hydrogens is 296 g/mol. The molecule has 0 amide bonds. The molecule has 0 saturated heterocycles. The van der Waals surface area contributed by atoms with E-state index in [1.165, 1.54) is 0 Å². The van der Waals surface area contributed by atoms with Gasteiger partial charge in [0, 0.05) is 5.69 Å². The lowest BCUT2D eigenvalue weighted by Crippen LogP contribution is -2.12. The average Bonchev–Trinajstić information content (AvgIpc) is 2.62. The number of benzene rings is 3. The standard InChI is InChI=1S/C21H23N2O/c1-4-16(2)24-21-15-18-11-9-8-10-17(18)14-20(21)22-23(3)19-12-6-5-7-13-19/h5-16H,4H2,1-3H3/q-1. The molecule has 0 heterocycles. The van der Waals surface area contributed by atoms with E-state index >= 15 is 0 Å². The normalized spacial score (nSPS) is 12.0. The first-order chi connectivity index (χ1) is 11.7. The Balaban J connectivity index is 1.96. The molecule has 3 nitrogen and oxygen atoms in total. The topological polar surface area (TPSA) is 26.6 Å². The molecule has 3 aromatic rings. The van der Waals surface area contributed by atoms with Gasteiger partial charge < -0.3 is 15.2 Å². The number of fused-ring (bicyclic) bond motifs is 1. The Hall–Kier alpha value is -2.68. The van der Waals surface area contributed by atoms with Crippen molar-refractivity contribution in [1.82, 2.24) is 0 Å². The fraction of sp³-hybridized carbons (Fsp3) is 0.238. The molecule has 0 aliphatic rings. The minimum absolute atomic E-state index is 0.155. The van der Waals surface area contributed by atoms with Gasteiger partial charge in [-0.05, 0) is 49.4 Å². The molecule has 124 valence electrons.